The Morgan fingerprint density at radius 2 is 2.45 bits per heavy atom. The molecule has 60 valence electrons. The summed E-state index contributed by atoms with van der Waals surface area (Å²) < 4.78 is 0. The minimum Gasteiger partial charge on any atom is -0.390 e. The van der Waals surface area contributed by atoms with Gasteiger partial charge in [0, 0.05) is 11.9 Å². The largest absolute Gasteiger partial charge is 0.390 e. The van der Waals surface area contributed by atoms with Gasteiger partial charge in [0.2, 0.25) is 0 Å². The van der Waals surface area contributed by atoms with E-state index in [9.17, 15) is 5.11 Å². The molecule has 0 spiro atoms. The topological polar surface area (TPSA) is 48.9 Å². The van der Waals surface area contributed by atoms with Crippen LogP contribution in [0, 0.1) is 0 Å². The molecule has 0 aromatic carbocycles. The lowest BCUT2D eigenvalue weighted by Crippen LogP contribution is -2.07. The number of aromatic amines is 1. The fourth-order valence-electron chi connectivity index (χ4n) is 1.18. The van der Waals surface area contributed by atoms with Crippen LogP contribution in [0.15, 0.2) is 12.5 Å². The van der Waals surface area contributed by atoms with Crippen molar-refractivity contribution in [3.8, 4) is 0 Å². The molecule has 0 aliphatic heterocycles. The van der Waals surface area contributed by atoms with E-state index in [4.69, 9.17) is 0 Å². The summed E-state index contributed by atoms with van der Waals surface area (Å²) in [5, 5.41) is 9.49. The Bertz CT molecular complexity index is 226. The third-order valence-corrected chi connectivity index (χ3v) is 2.24. The molecule has 0 bridgehead atoms. The minimum atomic E-state index is -0.328. The third kappa shape index (κ3) is 1.60. The molecule has 0 amide bonds. The van der Waals surface area contributed by atoms with Crippen LogP contribution in [0.4, 0.5) is 0 Å². The first-order valence-electron chi connectivity index (χ1n) is 3.98. The van der Waals surface area contributed by atoms with Gasteiger partial charge in [0.05, 0.1) is 11.9 Å². The number of aliphatic hydroxyl groups is 1. The predicted octanol–water partition coefficient (Wildman–Crippen LogP) is 0.867. The van der Waals surface area contributed by atoms with Crippen molar-refractivity contribution in [1.29, 1.82) is 0 Å². The number of rotatable bonds is 3. The van der Waals surface area contributed by atoms with Crippen molar-refractivity contribution in [2.24, 2.45) is 0 Å². The highest BCUT2D eigenvalue weighted by atomic mass is 16.3. The predicted molar refractivity (Wildman–Crippen MR) is 41.1 cm³/mol. The van der Waals surface area contributed by atoms with E-state index in [2.05, 4.69) is 9.97 Å². The number of hydrogen-bond acceptors (Lipinski definition) is 2. The minimum absolute atomic E-state index is 0.328. The number of aryl methyl sites for hydroxylation is 1. The molecule has 0 radical (unpaired) electrons. The maximum atomic E-state index is 9.49. The molecule has 1 aliphatic carbocycles. The summed E-state index contributed by atoms with van der Waals surface area (Å²) in [7, 11) is 0. The van der Waals surface area contributed by atoms with Crippen molar-refractivity contribution in [3.05, 3.63) is 18.2 Å². The zero-order valence-electron chi connectivity index (χ0n) is 6.38. The number of aromatic nitrogens is 2. The lowest BCUT2D eigenvalue weighted by molar-refractivity contribution is 0.140. The normalized spacial score (nSPS) is 20.1. The van der Waals surface area contributed by atoms with Crippen molar-refractivity contribution < 1.29 is 5.11 Å². The zero-order chi connectivity index (χ0) is 7.73. The van der Waals surface area contributed by atoms with Crippen LogP contribution < -0.4 is 0 Å². The average molecular weight is 152 g/mol. The van der Waals surface area contributed by atoms with Crippen molar-refractivity contribution in [2.45, 2.75) is 31.3 Å². The Morgan fingerprint density at radius 3 is 3.00 bits per heavy atom. The molecule has 11 heavy (non-hydrogen) atoms. The lowest BCUT2D eigenvalue weighted by Gasteiger charge is -2.04. The second-order valence-electron chi connectivity index (χ2n) is 3.30. The maximum absolute atomic E-state index is 9.49. The number of hydrogen-bond donors (Lipinski definition) is 2. The first-order chi connectivity index (χ1) is 5.29. The molecule has 3 heteroatoms. The Hall–Kier alpha value is -0.830. The number of H-pyrrole nitrogens is 1. The van der Waals surface area contributed by atoms with Crippen LogP contribution in [0.2, 0.25) is 0 Å². The van der Waals surface area contributed by atoms with Gasteiger partial charge in [-0.25, -0.2) is 4.98 Å². The van der Waals surface area contributed by atoms with Crippen LogP contribution in [-0.2, 0) is 6.42 Å². The molecular weight excluding hydrogens is 140 g/mol. The van der Waals surface area contributed by atoms with Crippen molar-refractivity contribution in [1.82, 2.24) is 9.97 Å². The molecule has 1 fully saturated rings. The zero-order valence-corrected chi connectivity index (χ0v) is 6.38. The highest BCUT2D eigenvalue weighted by Gasteiger charge is 2.39. The van der Waals surface area contributed by atoms with E-state index >= 15 is 0 Å². The van der Waals surface area contributed by atoms with E-state index < -0.39 is 0 Å². The van der Waals surface area contributed by atoms with E-state index in [1.807, 2.05) is 6.20 Å². The van der Waals surface area contributed by atoms with Crippen molar-refractivity contribution in [3.63, 3.8) is 0 Å². The van der Waals surface area contributed by atoms with Crippen molar-refractivity contribution >= 4 is 0 Å². The van der Waals surface area contributed by atoms with Crippen molar-refractivity contribution in [2.75, 3.05) is 0 Å². The van der Waals surface area contributed by atoms with Crippen LogP contribution in [0.5, 0.6) is 0 Å². The Labute approximate surface area is 65.5 Å². The van der Waals surface area contributed by atoms with Gasteiger partial charge in [-0.15, -0.1) is 0 Å². The SMILES string of the molecule is OC1(CCc2cnc[nH]2)CC1. The highest BCUT2D eigenvalue weighted by molar-refractivity contribution is 5.00. The van der Waals surface area contributed by atoms with Crippen LogP contribution in [-0.4, -0.2) is 20.7 Å². The summed E-state index contributed by atoms with van der Waals surface area (Å²) in [4.78, 5) is 6.92. The second-order valence-corrected chi connectivity index (χ2v) is 3.30. The van der Waals surface area contributed by atoms with Crippen LogP contribution in [0.1, 0.15) is 25.0 Å². The van der Waals surface area contributed by atoms with Crippen LogP contribution in [0.3, 0.4) is 0 Å². The molecule has 2 rings (SSSR count). The molecule has 0 atom stereocenters. The second kappa shape index (κ2) is 2.34. The van der Waals surface area contributed by atoms with Gasteiger partial charge >= 0.3 is 0 Å². The van der Waals surface area contributed by atoms with E-state index in [0.29, 0.717) is 0 Å². The molecule has 0 unspecified atom stereocenters. The summed E-state index contributed by atoms with van der Waals surface area (Å²) in [5.74, 6) is 0. The monoisotopic (exact) mass is 152 g/mol. The number of imidazole rings is 1. The number of nitrogens with zero attached hydrogens (tertiary/aromatic N) is 1. The van der Waals surface area contributed by atoms with Gasteiger partial charge in [0.25, 0.3) is 0 Å². The van der Waals surface area contributed by atoms with Gasteiger partial charge in [0.15, 0.2) is 0 Å². The fraction of sp³-hybridized carbons (Fsp3) is 0.625. The van der Waals surface area contributed by atoms with Gasteiger partial charge < -0.3 is 10.1 Å². The number of nitrogens with one attached hydrogen (secondary N) is 1. The first kappa shape index (κ1) is 6.85. The van der Waals surface area contributed by atoms with Crippen LogP contribution in [0.25, 0.3) is 0 Å². The first-order valence-corrected chi connectivity index (χ1v) is 3.98. The molecule has 2 N–H and O–H groups in total. The standard InChI is InChI=1S/C8H12N2O/c11-8(3-4-8)2-1-7-5-9-6-10-7/h5-6,11H,1-4H2,(H,9,10). The molecule has 1 aromatic heterocycles. The van der Waals surface area contributed by atoms with Gasteiger partial charge in [-0.05, 0) is 25.7 Å². The van der Waals surface area contributed by atoms with Gasteiger partial charge in [-0.1, -0.05) is 0 Å². The smallest absolute Gasteiger partial charge is 0.0921 e. The van der Waals surface area contributed by atoms with E-state index in [-0.39, 0.29) is 5.60 Å². The average Bonchev–Trinajstić information content (AvgIpc) is 2.53. The Morgan fingerprint density at radius 1 is 1.64 bits per heavy atom. The summed E-state index contributed by atoms with van der Waals surface area (Å²) in [6, 6.07) is 0. The molecular formula is C8H12N2O. The van der Waals surface area contributed by atoms with E-state index in [1.165, 1.54) is 0 Å². The van der Waals surface area contributed by atoms with E-state index in [0.717, 1.165) is 31.4 Å². The van der Waals surface area contributed by atoms with Crippen LogP contribution >= 0.6 is 0 Å². The van der Waals surface area contributed by atoms with Gasteiger partial charge in [0.1, 0.15) is 0 Å². The third-order valence-electron chi connectivity index (χ3n) is 2.24. The summed E-state index contributed by atoms with van der Waals surface area (Å²) in [5.41, 5.74) is 0.788. The van der Waals surface area contributed by atoms with Gasteiger partial charge in [-0.3, -0.25) is 0 Å². The summed E-state index contributed by atoms with van der Waals surface area (Å²) in [6.07, 6.45) is 7.21. The fourth-order valence-corrected chi connectivity index (χ4v) is 1.18. The summed E-state index contributed by atoms with van der Waals surface area (Å²) >= 11 is 0. The molecule has 3 nitrogen and oxygen atoms in total. The Kier molecular flexibility index (Phi) is 1.46. The maximum Gasteiger partial charge on any atom is 0.0921 e. The molecule has 1 aliphatic rings. The molecule has 1 aromatic rings. The molecule has 1 heterocycles. The lowest BCUT2D eigenvalue weighted by atomic mass is 10.1. The molecule has 1 saturated carbocycles. The Balaban J connectivity index is 1.83. The highest BCUT2D eigenvalue weighted by Crippen LogP contribution is 2.38. The quantitative estimate of drug-likeness (QED) is 0.675. The molecule has 0 saturated heterocycles. The summed E-state index contributed by atoms with van der Waals surface area (Å²) in [6.45, 7) is 0. The van der Waals surface area contributed by atoms with Gasteiger partial charge in [-0.2, -0.15) is 0 Å². The van der Waals surface area contributed by atoms with E-state index in [1.54, 1.807) is 6.33 Å².